The van der Waals surface area contributed by atoms with Gasteiger partial charge in [-0.25, -0.2) is 9.48 Å². The summed E-state index contributed by atoms with van der Waals surface area (Å²) in [6.07, 6.45) is 0. The molecule has 1 aliphatic heterocycles. The molecule has 4 aromatic rings. The Morgan fingerprint density at radius 3 is 2.34 bits per heavy atom. The maximum Gasteiger partial charge on any atom is 0.338 e. The standard InChI is InChI=1S/C31H31BrN4O4S/c1-4-38-25-17-23(16-24(32)28(25)39-18-21-12-8-6-9-13-21)27-26(29(37)40-19-22-14-10-7-11-15-22)20(3)33-30-34-31(41-5-2)35-36(27)30/h6-17,27H,4-5,18-19H2,1-3H3,(H,33,34,35). The van der Waals surface area contributed by atoms with Crippen molar-refractivity contribution in [1.29, 1.82) is 0 Å². The van der Waals surface area contributed by atoms with Crippen molar-refractivity contribution in [3.8, 4) is 11.5 Å². The first-order chi connectivity index (χ1) is 20.0. The Morgan fingerprint density at radius 1 is 1.00 bits per heavy atom. The van der Waals surface area contributed by atoms with Crippen LogP contribution in [0, 0.1) is 0 Å². The van der Waals surface area contributed by atoms with E-state index in [0.717, 1.165) is 22.4 Å². The van der Waals surface area contributed by atoms with Gasteiger partial charge in [0, 0.05) is 5.70 Å². The summed E-state index contributed by atoms with van der Waals surface area (Å²) < 4.78 is 20.5. The van der Waals surface area contributed by atoms with Gasteiger partial charge < -0.3 is 19.5 Å². The van der Waals surface area contributed by atoms with Gasteiger partial charge in [0.15, 0.2) is 11.5 Å². The van der Waals surface area contributed by atoms with Gasteiger partial charge in [0.25, 0.3) is 0 Å². The fourth-order valence-electron chi connectivity index (χ4n) is 4.57. The largest absolute Gasteiger partial charge is 0.490 e. The number of halogens is 1. The zero-order chi connectivity index (χ0) is 28.8. The van der Waals surface area contributed by atoms with Crippen molar-refractivity contribution in [2.45, 2.75) is 45.2 Å². The number of carbonyl (C=O) groups excluding carboxylic acids is 1. The molecular formula is C31H31BrN4O4S. The number of hydrogen-bond donors (Lipinski definition) is 1. The van der Waals surface area contributed by atoms with Crippen molar-refractivity contribution in [2.75, 3.05) is 17.7 Å². The topological polar surface area (TPSA) is 87.5 Å². The van der Waals surface area contributed by atoms with Crippen molar-refractivity contribution in [3.05, 3.63) is 105 Å². The molecule has 1 unspecified atom stereocenters. The van der Waals surface area contributed by atoms with Gasteiger partial charge in [-0.2, -0.15) is 4.98 Å². The summed E-state index contributed by atoms with van der Waals surface area (Å²) in [5.74, 6) is 2.09. The molecule has 8 nitrogen and oxygen atoms in total. The van der Waals surface area contributed by atoms with Crippen LogP contribution in [0.5, 0.6) is 11.5 Å². The van der Waals surface area contributed by atoms with Gasteiger partial charge in [0.1, 0.15) is 19.3 Å². The highest BCUT2D eigenvalue weighted by Gasteiger charge is 2.36. The zero-order valence-electron chi connectivity index (χ0n) is 23.1. The molecule has 0 saturated heterocycles. The molecule has 3 aromatic carbocycles. The van der Waals surface area contributed by atoms with E-state index in [4.69, 9.17) is 19.3 Å². The first kappa shape index (κ1) is 28.8. The first-order valence-electron chi connectivity index (χ1n) is 13.4. The number of thioether (sulfide) groups is 1. The molecule has 0 bridgehead atoms. The van der Waals surface area contributed by atoms with Crippen LogP contribution in [0.25, 0.3) is 0 Å². The van der Waals surface area contributed by atoms with E-state index in [1.54, 1.807) is 4.68 Å². The van der Waals surface area contributed by atoms with Crippen molar-refractivity contribution < 1.29 is 19.0 Å². The maximum atomic E-state index is 13.7. The highest BCUT2D eigenvalue weighted by molar-refractivity contribution is 9.10. The Hall–Kier alpha value is -3.76. The fraction of sp³-hybridized carbons (Fsp3) is 0.258. The number of ether oxygens (including phenoxy) is 3. The van der Waals surface area contributed by atoms with Gasteiger partial charge in [-0.3, -0.25) is 0 Å². The lowest BCUT2D eigenvalue weighted by atomic mass is 9.95. The van der Waals surface area contributed by atoms with E-state index in [1.165, 1.54) is 11.8 Å². The van der Waals surface area contributed by atoms with Crippen LogP contribution in [0.15, 0.2) is 93.7 Å². The molecule has 0 fully saturated rings. The van der Waals surface area contributed by atoms with Crippen LogP contribution in [-0.4, -0.2) is 33.1 Å². The average Bonchev–Trinajstić information content (AvgIpc) is 3.38. The number of allylic oxidation sites excluding steroid dienone is 1. The Morgan fingerprint density at radius 2 is 1.68 bits per heavy atom. The molecule has 0 amide bonds. The summed E-state index contributed by atoms with van der Waals surface area (Å²) in [6.45, 7) is 6.80. The second-order valence-corrected chi connectivity index (χ2v) is 11.3. The molecule has 0 spiro atoms. The summed E-state index contributed by atoms with van der Waals surface area (Å²) in [5.41, 5.74) is 3.82. The van der Waals surface area contributed by atoms with Crippen LogP contribution >= 0.6 is 27.7 Å². The van der Waals surface area contributed by atoms with Gasteiger partial charge >= 0.3 is 5.97 Å². The second kappa shape index (κ2) is 13.3. The van der Waals surface area contributed by atoms with Crippen LogP contribution in [0.2, 0.25) is 0 Å². The summed E-state index contributed by atoms with van der Waals surface area (Å²) in [4.78, 5) is 18.3. The molecule has 10 heteroatoms. The minimum atomic E-state index is -0.605. The van der Waals surface area contributed by atoms with Gasteiger partial charge in [0.2, 0.25) is 11.1 Å². The van der Waals surface area contributed by atoms with E-state index >= 15 is 0 Å². The Kier molecular flexibility index (Phi) is 9.31. The van der Waals surface area contributed by atoms with Crippen LogP contribution in [0.1, 0.15) is 43.5 Å². The molecule has 1 atom stereocenters. The SMILES string of the molecule is CCOc1cc(C2C(C(=O)OCc3ccccc3)=C(C)Nc3nc(SCC)nn32)cc(Br)c1OCc1ccccc1. The van der Waals surface area contributed by atoms with Gasteiger partial charge in [-0.05, 0) is 64.4 Å². The summed E-state index contributed by atoms with van der Waals surface area (Å²) >= 11 is 5.24. The van der Waals surface area contributed by atoms with Gasteiger partial charge in [-0.15, -0.1) is 5.10 Å². The molecule has 2 heterocycles. The maximum absolute atomic E-state index is 13.7. The number of esters is 1. The molecule has 5 rings (SSSR count). The monoisotopic (exact) mass is 634 g/mol. The van der Waals surface area contributed by atoms with E-state index < -0.39 is 12.0 Å². The van der Waals surface area contributed by atoms with Crippen LogP contribution in [-0.2, 0) is 22.7 Å². The number of fused-ring (bicyclic) bond motifs is 1. The molecule has 1 N–H and O–H groups in total. The summed E-state index contributed by atoms with van der Waals surface area (Å²) in [5, 5.41) is 8.65. The van der Waals surface area contributed by atoms with Crippen molar-refractivity contribution in [1.82, 2.24) is 14.8 Å². The number of rotatable bonds is 11. The molecule has 1 aliphatic rings. The summed E-state index contributed by atoms with van der Waals surface area (Å²) in [7, 11) is 0. The van der Waals surface area contributed by atoms with Crippen molar-refractivity contribution in [3.63, 3.8) is 0 Å². The first-order valence-corrected chi connectivity index (χ1v) is 15.2. The van der Waals surface area contributed by atoms with E-state index in [1.807, 2.05) is 93.6 Å². The predicted molar refractivity (Wildman–Crippen MR) is 163 cm³/mol. The quantitative estimate of drug-likeness (QED) is 0.137. The smallest absolute Gasteiger partial charge is 0.338 e. The highest BCUT2D eigenvalue weighted by Crippen LogP contribution is 2.43. The molecule has 0 saturated carbocycles. The number of hydrogen-bond acceptors (Lipinski definition) is 8. The number of nitrogens with zero attached hydrogens (tertiary/aromatic N) is 3. The number of benzene rings is 3. The van der Waals surface area contributed by atoms with E-state index in [9.17, 15) is 4.79 Å². The molecule has 0 radical (unpaired) electrons. The number of aromatic nitrogens is 3. The van der Waals surface area contributed by atoms with Gasteiger partial charge in [-0.1, -0.05) is 79.3 Å². The Labute approximate surface area is 252 Å². The van der Waals surface area contributed by atoms with E-state index in [-0.39, 0.29) is 6.61 Å². The Bertz CT molecular complexity index is 1540. The third-order valence-electron chi connectivity index (χ3n) is 6.41. The van der Waals surface area contributed by atoms with E-state index in [0.29, 0.717) is 51.6 Å². The summed E-state index contributed by atoms with van der Waals surface area (Å²) in [6, 6.07) is 22.8. The second-order valence-electron chi connectivity index (χ2n) is 9.26. The number of anilines is 1. The van der Waals surface area contributed by atoms with Crippen LogP contribution in [0.3, 0.4) is 0 Å². The molecule has 41 heavy (non-hydrogen) atoms. The fourth-order valence-corrected chi connectivity index (χ4v) is 5.70. The molecule has 0 aliphatic carbocycles. The van der Waals surface area contributed by atoms with Gasteiger partial charge in [0.05, 0.1) is 16.7 Å². The lowest BCUT2D eigenvalue weighted by Crippen LogP contribution is -2.29. The van der Waals surface area contributed by atoms with Crippen molar-refractivity contribution >= 4 is 39.6 Å². The third-order valence-corrected chi connectivity index (χ3v) is 7.72. The highest BCUT2D eigenvalue weighted by atomic mass is 79.9. The normalized spacial score (nSPS) is 14.3. The lowest BCUT2D eigenvalue weighted by molar-refractivity contribution is -0.140. The molecule has 212 valence electrons. The predicted octanol–water partition coefficient (Wildman–Crippen LogP) is 7.16. The van der Waals surface area contributed by atoms with Crippen LogP contribution in [0.4, 0.5) is 5.95 Å². The third kappa shape index (κ3) is 6.60. The minimum absolute atomic E-state index is 0.157. The average molecular weight is 636 g/mol. The van der Waals surface area contributed by atoms with Crippen LogP contribution < -0.4 is 14.8 Å². The molecular weight excluding hydrogens is 604 g/mol. The van der Waals surface area contributed by atoms with E-state index in [2.05, 4.69) is 26.2 Å². The lowest BCUT2D eigenvalue weighted by Gasteiger charge is -2.29. The minimum Gasteiger partial charge on any atom is -0.490 e. The van der Waals surface area contributed by atoms with Crippen molar-refractivity contribution in [2.24, 2.45) is 0 Å². The number of carbonyl (C=O) groups is 1. The zero-order valence-corrected chi connectivity index (χ0v) is 25.5. The molecule has 1 aromatic heterocycles. The number of nitrogens with one attached hydrogen (secondary N) is 1. The Balaban J connectivity index is 1.53.